The van der Waals surface area contributed by atoms with Crippen LogP contribution in [0.15, 0.2) is 41.3 Å². The molecule has 0 saturated heterocycles. The first-order chi connectivity index (χ1) is 10.2. The number of anilines is 1. The van der Waals surface area contributed by atoms with Crippen LogP contribution in [0.3, 0.4) is 0 Å². The van der Waals surface area contributed by atoms with Crippen molar-refractivity contribution in [3.05, 3.63) is 46.8 Å². The van der Waals surface area contributed by atoms with Crippen molar-refractivity contribution in [2.45, 2.75) is 13.0 Å². The number of hydrogen-bond acceptors (Lipinski definition) is 5. The number of methoxy groups -OCH3 is 1. The third-order valence-corrected chi connectivity index (χ3v) is 3.80. The average molecular weight is 348 g/mol. The fraction of sp³-hybridized carbons (Fsp3) is 0.214. The largest absolute Gasteiger partial charge is 0.496 e. The zero-order valence-corrected chi connectivity index (χ0v) is 13.2. The molecule has 0 amide bonds. The summed E-state index contributed by atoms with van der Waals surface area (Å²) in [5.74, 6) is 1.52. The summed E-state index contributed by atoms with van der Waals surface area (Å²) in [6.07, 6.45) is 3.34. The maximum absolute atomic E-state index is 5.40. The molecular weight excluding hydrogens is 334 g/mol. The van der Waals surface area contributed by atoms with E-state index in [0.29, 0.717) is 5.95 Å². The zero-order chi connectivity index (χ0) is 14.8. The number of rotatable bonds is 4. The van der Waals surface area contributed by atoms with Crippen molar-refractivity contribution in [1.82, 2.24) is 19.6 Å². The molecule has 0 aliphatic rings. The number of para-hydroxylation sites is 1. The van der Waals surface area contributed by atoms with Crippen molar-refractivity contribution in [3.8, 4) is 5.75 Å². The summed E-state index contributed by atoms with van der Waals surface area (Å²) in [4.78, 5) is 4.38. The van der Waals surface area contributed by atoms with Gasteiger partial charge in [0.25, 0.3) is 0 Å². The highest BCUT2D eigenvalue weighted by Crippen LogP contribution is 2.27. The van der Waals surface area contributed by atoms with E-state index in [1.807, 2.05) is 24.3 Å². The van der Waals surface area contributed by atoms with E-state index in [9.17, 15) is 0 Å². The van der Waals surface area contributed by atoms with Gasteiger partial charge in [-0.2, -0.15) is 0 Å². The first-order valence-corrected chi connectivity index (χ1v) is 7.23. The molecule has 0 spiro atoms. The number of fused-ring (bicyclic) bond motifs is 1. The molecule has 21 heavy (non-hydrogen) atoms. The van der Waals surface area contributed by atoms with Crippen molar-refractivity contribution in [2.24, 2.45) is 0 Å². The van der Waals surface area contributed by atoms with E-state index in [2.05, 4.69) is 43.4 Å². The number of benzene rings is 1. The summed E-state index contributed by atoms with van der Waals surface area (Å²) in [5, 5.41) is 11.3. The Bertz CT molecular complexity index is 773. The van der Waals surface area contributed by atoms with E-state index in [-0.39, 0.29) is 6.04 Å². The van der Waals surface area contributed by atoms with Crippen molar-refractivity contribution in [2.75, 3.05) is 12.4 Å². The van der Waals surface area contributed by atoms with Crippen LogP contribution < -0.4 is 10.1 Å². The first-order valence-electron chi connectivity index (χ1n) is 6.44. The van der Waals surface area contributed by atoms with Gasteiger partial charge in [0, 0.05) is 11.8 Å². The molecule has 3 aromatic rings. The molecule has 7 heteroatoms. The predicted molar refractivity (Wildman–Crippen MR) is 83.5 cm³/mol. The lowest BCUT2D eigenvalue weighted by Gasteiger charge is -2.18. The molecule has 1 N–H and O–H groups in total. The van der Waals surface area contributed by atoms with Crippen LogP contribution in [0.5, 0.6) is 5.75 Å². The maximum atomic E-state index is 5.40. The minimum atomic E-state index is 0.0282. The van der Waals surface area contributed by atoms with Crippen LogP contribution in [0.4, 0.5) is 5.95 Å². The second-order valence-electron chi connectivity index (χ2n) is 4.56. The molecule has 1 aromatic carbocycles. The van der Waals surface area contributed by atoms with E-state index in [1.165, 1.54) is 0 Å². The van der Waals surface area contributed by atoms with Crippen molar-refractivity contribution in [1.29, 1.82) is 0 Å². The lowest BCUT2D eigenvalue weighted by atomic mass is 10.1. The van der Waals surface area contributed by atoms with E-state index >= 15 is 0 Å². The van der Waals surface area contributed by atoms with Crippen LogP contribution in [-0.2, 0) is 0 Å². The van der Waals surface area contributed by atoms with E-state index < -0.39 is 0 Å². The zero-order valence-electron chi connectivity index (χ0n) is 11.6. The average Bonchev–Trinajstić information content (AvgIpc) is 3.00. The highest BCUT2D eigenvalue weighted by Gasteiger charge is 2.14. The molecule has 0 aliphatic heterocycles. The third kappa shape index (κ3) is 2.56. The molecule has 6 nitrogen and oxygen atoms in total. The highest BCUT2D eigenvalue weighted by atomic mass is 79.9. The smallest absolute Gasteiger partial charge is 0.210 e. The molecule has 0 radical (unpaired) electrons. The normalized spacial score (nSPS) is 12.3. The van der Waals surface area contributed by atoms with Gasteiger partial charge in [-0.1, -0.05) is 18.2 Å². The first kappa shape index (κ1) is 13.8. The molecule has 2 heterocycles. The minimum absolute atomic E-state index is 0.0282. The van der Waals surface area contributed by atoms with Crippen molar-refractivity contribution < 1.29 is 4.74 Å². The lowest BCUT2D eigenvalue weighted by molar-refractivity contribution is 0.408. The van der Waals surface area contributed by atoms with Gasteiger partial charge < -0.3 is 10.1 Å². The fourth-order valence-electron chi connectivity index (χ4n) is 2.19. The number of hydrogen-bond donors (Lipinski definition) is 1. The van der Waals surface area contributed by atoms with Gasteiger partial charge in [-0.25, -0.2) is 4.98 Å². The van der Waals surface area contributed by atoms with Gasteiger partial charge in [0.15, 0.2) is 5.65 Å². The molecule has 0 fully saturated rings. The quantitative estimate of drug-likeness (QED) is 0.785. The van der Waals surface area contributed by atoms with Crippen LogP contribution in [0.25, 0.3) is 5.65 Å². The number of aromatic nitrogens is 4. The Kier molecular flexibility index (Phi) is 3.74. The monoisotopic (exact) mass is 347 g/mol. The topological polar surface area (TPSA) is 64.3 Å². The van der Waals surface area contributed by atoms with Gasteiger partial charge in [-0.15, -0.1) is 10.2 Å². The van der Waals surface area contributed by atoms with Gasteiger partial charge in [0.1, 0.15) is 12.1 Å². The highest BCUT2D eigenvalue weighted by molar-refractivity contribution is 9.10. The van der Waals surface area contributed by atoms with Gasteiger partial charge in [-0.05, 0) is 28.9 Å². The Hall–Kier alpha value is -2.15. The van der Waals surface area contributed by atoms with Crippen LogP contribution in [-0.4, -0.2) is 26.7 Å². The Morgan fingerprint density at radius 3 is 2.95 bits per heavy atom. The van der Waals surface area contributed by atoms with E-state index in [1.54, 1.807) is 24.0 Å². The van der Waals surface area contributed by atoms with Crippen LogP contribution in [0.1, 0.15) is 18.5 Å². The van der Waals surface area contributed by atoms with Gasteiger partial charge >= 0.3 is 0 Å². The van der Waals surface area contributed by atoms with Crippen molar-refractivity contribution >= 4 is 27.5 Å². The second kappa shape index (κ2) is 5.69. The Labute approximate surface area is 130 Å². The summed E-state index contributed by atoms with van der Waals surface area (Å²) >= 11 is 3.41. The van der Waals surface area contributed by atoms with Crippen LogP contribution >= 0.6 is 15.9 Å². The third-order valence-electron chi connectivity index (χ3n) is 3.24. The molecule has 108 valence electrons. The van der Waals surface area contributed by atoms with Crippen LogP contribution in [0, 0.1) is 0 Å². The Balaban J connectivity index is 1.95. The van der Waals surface area contributed by atoms with Crippen molar-refractivity contribution in [3.63, 3.8) is 0 Å². The van der Waals surface area contributed by atoms with Gasteiger partial charge in [-0.3, -0.25) is 4.40 Å². The maximum Gasteiger partial charge on any atom is 0.210 e. The molecule has 0 bridgehead atoms. The van der Waals surface area contributed by atoms with Crippen LogP contribution in [0.2, 0.25) is 0 Å². The summed E-state index contributed by atoms with van der Waals surface area (Å²) in [5.41, 5.74) is 1.78. The lowest BCUT2D eigenvalue weighted by Crippen LogP contribution is -2.12. The van der Waals surface area contributed by atoms with Gasteiger partial charge in [0.2, 0.25) is 5.95 Å². The summed E-state index contributed by atoms with van der Waals surface area (Å²) in [6, 6.07) is 7.93. The number of nitrogens with zero attached hydrogens (tertiary/aromatic N) is 4. The molecule has 3 rings (SSSR count). The van der Waals surface area contributed by atoms with E-state index in [4.69, 9.17) is 4.74 Å². The standard InChI is InChI=1S/C14H14BrN5O/c1-9(10-5-3-4-6-12(10)21-2)18-14-16-7-11(15)13-19-17-8-20(13)14/h3-9H,1-2H3,(H,16,18). The summed E-state index contributed by atoms with van der Waals surface area (Å²) in [6.45, 7) is 2.05. The fourth-order valence-corrected chi connectivity index (χ4v) is 2.57. The van der Waals surface area contributed by atoms with E-state index in [0.717, 1.165) is 21.4 Å². The summed E-state index contributed by atoms with van der Waals surface area (Å²) in [7, 11) is 1.67. The minimum Gasteiger partial charge on any atom is -0.496 e. The molecular formula is C14H14BrN5O. The summed E-state index contributed by atoms with van der Waals surface area (Å²) < 4.78 is 8.00. The Morgan fingerprint density at radius 2 is 2.14 bits per heavy atom. The predicted octanol–water partition coefficient (Wildman–Crippen LogP) is 3.07. The Morgan fingerprint density at radius 1 is 1.33 bits per heavy atom. The SMILES string of the molecule is COc1ccccc1C(C)Nc1ncc(Br)c2nncn12. The number of halogens is 1. The second-order valence-corrected chi connectivity index (χ2v) is 5.42. The molecule has 1 unspecified atom stereocenters. The number of nitrogens with one attached hydrogen (secondary N) is 1. The molecule has 0 saturated carbocycles. The number of ether oxygens (including phenoxy) is 1. The van der Waals surface area contributed by atoms with Gasteiger partial charge in [0.05, 0.1) is 17.6 Å². The molecule has 1 atom stereocenters. The molecule has 2 aromatic heterocycles. The molecule has 0 aliphatic carbocycles.